The molecule has 0 aromatic heterocycles. The maximum absolute atomic E-state index is 8.69. The van der Waals surface area contributed by atoms with Crippen LogP contribution in [0.5, 0.6) is 0 Å². The summed E-state index contributed by atoms with van der Waals surface area (Å²) in [6.45, 7) is 0. The molecule has 1 aromatic carbocycles. The molecule has 0 saturated heterocycles. The lowest BCUT2D eigenvalue weighted by molar-refractivity contribution is 0.427. The SMILES string of the molecule is CN(c1ccc([N+]#N)cc1Cl)C1CCCCC1. The van der Waals surface area contributed by atoms with Crippen LogP contribution in [0.25, 0.3) is 4.98 Å². The average Bonchev–Trinajstić information content (AvgIpc) is 2.39. The summed E-state index contributed by atoms with van der Waals surface area (Å²) >= 11 is 6.21. The number of hydrogen-bond donors (Lipinski definition) is 0. The third kappa shape index (κ3) is 2.70. The van der Waals surface area contributed by atoms with Crippen molar-refractivity contribution in [1.29, 1.82) is 5.39 Å². The Morgan fingerprint density at radius 1 is 1.29 bits per heavy atom. The first kappa shape index (κ1) is 12.2. The van der Waals surface area contributed by atoms with E-state index in [2.05, 4.69) is 16.9 Å². The van der Waals surface area contributed by atoms with Crippen LogP contribution in [0.1, 0.15) is 32.1 Å². The number of halogens is 1. The maximum atomic E-state index is 8.69. The molecule has 2 rings (SSSR count). The molecule has 17 heavy (non-hydrogen) atoms. The van der Waals surface area contributed by atoms with E-state index in [0.717, 1.165) is 5.69 Å². The molecule has 0 amide bonds. The van der Waals surface area contributed by atoms with Crippen molar-refractivity contribution in [3.8, 4) is 0 Å². The highest BCUT2D eigenvalue weighted by molar-refractivity contribution is 6.33. The van der Waals surface area contributed by atoms with Gasteiger partial charge in [0, 0.05) is 19.2 Å². The molecule has 3 nitrogen and oxygen atoms in total. The average molecular weight is 251 g/mol. The summed E-state index contributed by atoms with van der Waals surface area (Å²) in [6.07, 6.45) is 6.42. The second kappa shape index (κ2) is 5.37. The highest BCUT2D eigenvalue weighted by Crippen LogP contribution is 2.33. The molecule has 4 heteroatoms. The predicted octanol–water partition coefficient (Wildman–Crippen LogP) is 4.59. The van der Waals surface area contributed by atoms with Crippen LogP contribution in [0.2, 0.25) is 5.02 Å². The number of nitrogens with zero attached hydrogens (tertiary/aromatic N) is 3. The second-order valence-electron chi connectivity index (χ2n) is 4.64. The van der Waals surface area contributed by atoms with Gasteiger partial charge in [-0.3, -0.25) is 0 Å². The van der Waals surface area contributed by atoms with Crippen molar-refractivity contribution in [2.24, 2.45) is 0 Å². The number of rotatable bonds is 2. The third-order valence-electron chi connectivity index (χ3n) is 3.55. The fraction of sp³-hybridized carbons (Fsp3) is 0.538. The standard InChI is InChI=1S/C13H17ClN3/c1-17(11-5-3-2-4-6-11)13-8-7-10(16-15)9-12(13)14/h7-9,11H,2-6H2,1H3/q+1. The lowest BCUT2D eigenvalue weighted by Crippen LogP contribution is -2.33. The first-order valence-electron chi connectivity index (χ1n) is 6.10. The summed E-state index contributed by atoms with van der Waals surface area (Å²) < 4.78 is 0. The molecule has 0 heterocycles. The van der Waals surface area contributed by atoms with E-state index < -0.39 is 0 Å². The van der Waals surface area contributed by atoms with Gasteiger partial charge >= 0.3 is 5.69 Å². The minimum Gasteiger partial charge on any atom is -0.370 e. The van der Waals surface area contributed by atoms with E-state index >= 15 is 0 Å². The van der Waals surface area contributed by atoms with Crippen molar-refractivity contribution in [1.82, 2.24) is 0 Å². The lowest BCUT2D eigenvalue weighted by atomic mass is 9.94. The van der Waals surface area contributed by atoms with Gasteiger partial charge < -0.3 is 4.90 Å². The Labute approximate surface area is 107 Å². The third-order valence-corrected chi connectivity index (χ3v) is 3.85. The molecule has 1 saturated carbocycles. The largest absolute Gasteiger partial charge is 0.386 e. The Hall–Kier alpha value is -1.27. The summed E-state index contributed by atoms with van der Waals surface area (Å²) in [6, 6.07) is 5.97. The Morgan fingerprint density at radius 3 is 2.59 bits per heavy atom. The highest BCUT2D eigenvalue weighted by Gasteiger charge is 2.21. The van der Waals surface area contributed by atoms with Crippen molar-refractivity contribution < 1.29 is 0 Å². The number of benzene rings is 1. The number of hydrogen-bond acceptors (Lipinski definition) is 2. The van der Waals surface area contributed by atoms with E-state index in [-0.39, 0.29) is 0 Å². The Kier molecular flexibility index (Phi) is 3.86. The Balaban J connectivity index is 2.18. The molecule has 1 aliphatic carbocycles. The zero-order valence-corrected chi connectivity index (χ0v) is 10.8. The molecule has 0 atom stereocenters. The van der Waals surface area contributed by atoms with Gasteiger partial charge in [0.05, 0.1) is 16.8 Å². The van der Waals surface area contributed by atoms with Gasteiger partial charge in [0.1, 0.15) is 0 Å². The van der Waals surface area contributed by atoms with Gasteiger partial charge in [-0.15, -0.1) is 0 Å². The van der Waals surface area contributed by atoms with Gasteiger partial charge in [0.25, 0.3) is 0 Å². The molecule has 0 spiro atoms. The van der Waals surface area contributed by atoms with Gasteiger partial charge in [0.15, 0.2) is 4.98 Å². The normalized spacial score (nSPS) is 16.5. The van der Waals surface area contributed by atoms with Crippen LogP contribution in [-0.4, -0.2) is 13.1 Å². The first-order chi connectivity index (χ1) is 8.22. The molecule has 1 aliphatic rings. The van der Waals surface area contributed by atoms with Crippen LogP contribution < -0.4 is 4.90 Å². The lowest BCUT2D eigenvalue weighted by Gasteiger charge is -2.33. The predicted molar refractivity (Wildman–Crippen MR) is 71.5 cm³/mol. The van der Waals surface area contributed by atoms with E-state index in [9.17, 15) is 0 Å². The topological polar surface area (TPSA) is 31.4 Å². The van der Waals surface area contributed by atoms with Crippen LogP contribution in [0, 0.1) is 5.39 Å². The molecule has 0 N–H and O–H groups in total. The van der Waals surface area contributed by atoms with Crippen LogP contribution >= 0.6 is 11.6 Å². The molecule has 90 valence electrons. The molecule has 0 aliphatic heterocycles. The zero-order chi connectivity index (χ0) is 12.3. The molecule has 0 unspecified atom stereocenters. The van der Waals surface area contributed by atoms with Crippen LogP contribution in [-0.2, 0) is 0 Å². The molecule has 1 aromatic rings. The van der Waals surface area contributed by atoms with Gasteiger partial charge in [-0.1, -0.05) is 30.9 Å². The second-order valence-corrected chi connectivity index (χ2v) is 5.05. The van der Waals surface area contributed by atoms with Crippen molar-refractivity contribution >= 4 is 23.0 Å². The fourth-order valence-corrected chi connectivity index (χ4v) is 2.82. The van der Waals surface area contributed by atoms with Crippen molar-refractivity contribution in [2.45, 2.75) is 38.1 Å². The smallest absolute Gasteiger partial charge is 0.370 e. The summed E-state index contributed by atoms with van der Waals surface area (Å²) in [5.74, 6) is 0. The van der Waals surface area contributed by atoms with E-state index in [1.807, 2.05) is 6.07 Å². The van der Waals surface area contributed by atoms with Gasteiger partial charge in [-0.25, -0.2) is 0 Å². The van der Waals surface area contributed by atoms with E-state index in [0.29, 0.717) is 16.8 Å². The minimum absolute atomic E-state index is 0.496. The van der Waals surface area contributed by atoms with Crippen molar-refractivity contribution in [2.75, 3.05) is 11.9 Å². The van der Waals surface area contributed by atoms with Crippen LogP contribution in [0.15, 0.2) is 18.2 Å². The summed E-state index contributed by atoms with van der Waals surface area (Å²) in [7, 11) is 2.09. The maximum Gasteiger partial charge on any atom is 0.386 e. The highest BCUT2D eigenvalue weighted by atomic mass is 35.5. The number of anilines is 1. The van der Waals surface area contributed by atoms with Crippen LogP contribution in [0.4, 0.5) is 11.4 Å². The minimum atomic E-state index is 0.496. The zero-order valence-electron chi connectivity index (χ0n) is 10.1. The van der Waals surface area contributed by atoms with E-state index in [1.165, 1.54) is 32.1 Å². The van der Waals surface area contributed by atoms with Gasteiger partial charge in [-0.2, -0.15) is 0 Å². The summed E-state index contributed by atoms with van der Waals surface area (Å²) in [5.41, 5.74) is 1.52. The summed E-state index contributed by atoms with van der Waals surface area (Å²) in [5, 5.41) is 9.34. The van der Waals surface area contributed by atoms with Crippen molar-refractivity contribution in [3.05, 3.63) is 28.2 Å². The van der Waals surface area contributed by atoms with Crippen molar-refractivity contribution in [3.63, 3.8) is 0 Å². The summed E-state index contributed by atoms with van der Waals surface area (Å²) in [4.78, 5) is 5.39. The van der Waals surface area contributed by atoms with Gasteiger partial charge in [0.2, 0.25) is 5.39 Å². The fourth-order valence-electron chi connectivity index (χ4n) is 2.51. The first-order valence-corrected chi connectivity index (χ1v) is 6.47. The molecular weight excluding hydrogens is 234 g/mol. The molecule has 0 radical (unpaired) electrons. The van der Waals surface area contributed by atoms with Gasteiger partial charge in [-0.05, 0) is 18.9 Å². The quantitative estimate of drug-likeness (QED) is 0.719. The van der Waals surface area contributed by atoms with Crippen LogP contribution in [0.3, 0.4) is 0 Å². The van der Waals surface area contributed by atoms with E-state index in [1.54, 1.807) is 12.1 Å². The number of diazo groups is 1. The molecule has 1 fully saturated rings. The Morgan fingerprint density at radius 2 is 2.00 bits per heavy atom. The molecular formula is C13H17ClN3+. The Bertz CT molecular complexity index is 433. The van der Waals surface area contributed by atoms with E-state index in [4.69, 9.17) is 17.0 Å². The molecule has 0 bridgehead atoms. The monoisotopic (exact) mass is 250 g/mol.